The molecule has 0 saturated carbocycles. The van der Waals surface area contributed by atoms with E-state index in [0.29, 0.717) is 23.2 Å². The highest BCUT2D eigenvalue weighted by Crippen LogP contribution is 2.25. The summed E-state index contributed by atoms with van der Waals surface area (Å²) in [5, 5.41) is 0. The van der Waals surface area contributed by atoms with Crippen LogP contribution in [0.1, 0.15) is 45.2 Å². The Morgan fingerprint density at radius 1 is 1.14 bits per heavy atom. The average molecular weight is 387 g/mol. The summed E-state index contributed by atoms with van der Waals surface area (Å²) in [4.78, 5) is 34.7. The molecule has 29 heavy (non-hydrogen) atoms. The van der Waals surface area contributed by atoms with Gasteiger partial charge in [-0.15, -0.1) is 0 Å². The molecule has 0 aliphatic rings. The van der Waals surface area contributed by atoms with Crippen LogP contribution in [0.15, 0.2) is 53.6 Å². The van der Waals surface area contributed by atoms with Crippen LogP contribution in [-0.2, 0) is 6.42 Å². The lowest BCUT2D eigenvalue weighted by Crippen LogP contribution is -2.27. The SMILES string of the molecule is CCc1c(C)[nH]c(=O)c(N(C)C)c1C(=O)c1cccc(/C=C/c2cccnc2)c1. The predicted octanol–water partition coefficient (Wildman–Crippen LogP) is 4.11. The molecule has 0 aliphatic carbocycles. The van der Waals surface area contributed by atoms with Crippen molar-refractivity contribution in [2.45, 2.75) is 20.3 Å². The number of hydrogen-bond donors (Lipinski definition) is 1. The maximum absolute atomic E-state index is 13.5. The van der Waals surface area contributed by atoms with Crippen LogP contribution in [0.4, 0.5) is 5.69 Å². The number of aromatic nitrogens is 2. The number of aromatic amines is 1. The predicted molar refractivity (Wildman–Crippen MR) is 119 cm³/mol. The van der Waals surface area contributed by atoms with Crippen LogP contribution in [0.3, 0.4) is 0 Å². The van der Waals surface area contributed by atoms with Gasteiger partial charge in [-0.25, -0.2) is 0 Å². The third-order valence-electron chi connectivity index (χ3n) is 4.84. The van der Waals surface area contributed by atoms with Gasteiger partial charge in [-0.2, -0.15) is 0 Å². The molecule has 0 atom stereocenters. The van der Waals surface area contributed by atoms with E-state index in [9.17, 15) is 9.59 Å². The standard InChI is InChI=1S/C24H25N3O2/c1-5-20-16(2)26-24(29)22(27(3)4)21(20)23(28)19-10-6-8-17(14-19)11-12-18-9-7-13-25-15-18/h6-15H,5H2,1-4H3,(H,26,29)/b12-11+. The molecule has 0 amide bonds. The van der Waals surface area contributed by atoms with Gasteiger partial charge in [-0.3, -0.25) is 14.6 Å². The monoisotopic (exact) mass is 387 g/mol. The summed E-state index contributed by atoms with van der Waals surface area (Å²) in [6.07, 6.45) is 8.07. The van der Waals surface area contributed by atoms with Crippen molar-refractivity contribution in [2.24, 2.45) is 0 Å². The zero-order valence-electron chi connectivity index (χ0n) is 17.2. The second-order valence-electron chi connectivity index (χ2n) is 7.10. The van der Waals surface area contributed by atoms with E-state index in [1.54, 1.807) is 37.5 Å². The molecule has 3 aromatic rings. The van der Waals surface area contributed by atoms with Crippen LogP contribution >= 0.6 is 0 Å². The number of H-pyrrole nitrogens is 1. The number of aryl methyl sites for hydroxylation is 1. The summed E-state index contributed by atoms with van der Waals surface area (Å²) in [6, 6.07) is 11.3. The molecule has 0 aliphatic heterocycles. The lowest BCUT2D eigenvalue weighted by Gasteiger charge is -2.20. The first kappa shape index (κ1) is 20.3. The van der Waals surface area contributed by atoms with Crippen LogP contribution in [0.25, 0.3) is 12.2 Å². The number of carbonyl (C=O) groups is 1. The molecule has 2 aromatic heterocycles. The average Bonchev–Trinajstić information content (AvgIpc) is 2.72. The maximum Gasteiger partial charge on any atom is 0.272 e. The molecular weight excluding hydrogens is 362 g/mol. The fourth-order valence-electron chi connectivity index (χ4n) is 3.46. The fourth-order valence-corrected chi connectivity index (χ4v) is 3.46. The van der Waals surface area contributed by atoms with E-state index >= 15 is 0 Å². The van der Waals surface area contributed by atoms with Crippen molar-refractivity contribution in [3.8, 4) is 0 Å². The van der Waals surface area contributed by atoms with Gasteiger partial charge >= 0.3 is 0 Å². The Kier molecular flexibility index (Phi) is 6.07. The van der Waals surface area contributed by atoms with Crippen LogP contribution in [0.2, 0.25) is 0 Å². The lowest BCUT2D eigenvalue weighted by molar-refractivity contribution is 0.103. The van der Waals surface area contributed by atoms with Gasteiger partial charge < -0.3 is 9.88 Å². The normalized spacial score (nSPS) is 11.0. The van der Waals surface area contributed by atoms with Gasteiger partial charge in [0.1, 0.15) is 5.69 Å². The molecule has 0 saturated heterocycles. The van der Waals surface area contributed by atoms with E-state index < -0.39 is 0 Å². The number of ketones is 1. The third-order valence-corrected chi connectivity index (χ3v) is 4.84. The summed E-state index contributed by atoms with van der Waals surface area (Å²) in [6.45, 7) is 3.83. The van der Waals surface area contributed by atoms with Gasteiger partial charge in [0, 0.05) is 37.7 Å². The Morgan fingerprint density at radius 2 is 1.86 bits per heavy atom. The second kappa shape index (κ2) is 8.69. The lowest BCUT2D eigenvalue weighted by atomic mass is 9.93. The number of carbonyl (C=O) groups excluding carboxylic acids is 1. The first-order chi connectivity index (χ1) is 13.9. The van der Waals surface area contributed by atoms with Crippen molar-refractivity contribution in [1.29, 1.82) is 0 Å². The summed E-state index contributed by atoms with van der Waals surface area (Å²) in [7, 11) is 3.56. The van der Waals surface area contributed by atoms with Gasteiger partial charge in [0.2, 0.25) is 0 Å². The number of nitrogens with one attached hydrogen (secondary N) is 1. The third kappa shape index (κ3) is 4.35. The fraction of sp³-hybridized carbons (Fsp3) is 0.208. The highest BCUT2D eigenvalue weighted by atomic mass is 16.1. The molecule has 0 unspecified atom stereocenters. The molecule has 5 nitrogen and oxygen atoms in total. The van der Waals surface area contributed by atoms with Gasteiger partial charge in [0.15, 0.2) is 5.78 Å². The van der Waals surface area contributed by atoms with E-state index in [2.05, 4.69) is 9.97 Å². The zero-order valence-corrected chi connectivity index (χ0v) is 17.2. The van der Waals surface area contributed by atoms with Crippen LogP contribution in [0.5, 0.6) is 0 Å². The minimum absolute atomic E-state index is 0.142. The Balaban J connectivity index is 2.06. The number of anilines is 1. The van der Waals surface area contributed by atoms with Crippen LogP contribution in [0, 0.1) is 6.92 Å². The Morgan fingerprint density at radius 3 is 2.52 bits per heavy atom. The number of pyridine rings is 2. The molecule has 1 N–H and O–H groups in total. The van der Waals surface area contributed by atoms with E-state index in [1.165, 1.54) is 0 Å². The van der Waals surface area contributed by atoms with Crippen molar-refractivity contribution in [3.05, 3.63) is 92.7 Å². The molecular formula is C24H25N3O2. The van der Waals surface area contributed by atoms with E-state index in [0.717, 1.165) is 22.4 Å². The molecule has 5 heteroatoms. The van der Waals surface area contributed by atoms with Crippen LogP contribution in [-0.4, -0.2) is 29.8 Å². The highest BCUT2D eigenvalue weighted by molar-refractivity contribution is 6.13. The minimum atomic E-state index is -0.249. The van der Waals surface area contributed by atoms with Gasteiger partial charge in [0.05, 0.1) is 5.56 Å². The minimum Gasteiger partial charge on any atom is -0.373 e. The molecule has 0 spiro atoms. The first-order valence-corrected chi connectivity index (χ1v) is 9.58. The molecule has 0 bridgehead atoms. The molecule has 1 aromatic carbocycles. The van der Waals surface area contributed by atoms with E-state index in [-0.39, 0.29) is 11.3 Å². The van der Waals surface area contributed by atoms with E-state index in [1.807, 2.05) is 56.3 Å². The molecule has 148 valence electrons. The van der Waals surface area contributed by atoms with Gasteiger partial charge in [-0.1, -0.05) is 43.3 Å². The topological polar surface area (TPSA) is 66.1 Å². The summed E-state index contributed by atoms with van der Waals surface area (Å²) in [5.74, 6) is -0.142. The zero-order chi connectivity index (χ0) is 21.0. The second-order valence-corrected chi connectivity index (χ2v) is 7.10. The number of nitrogens with zero attached hydrogens (tertiary/aromatic N) is 2. The van der Waals surface area contributed by atoms with Crippen molar-refractivity contribution in [3.63, 3.8) is 0 Å². The first-order valence-electron chi connectivity index (χ1n) is 9.58. The molecule has 0 radical (unpaired) electrons. The van der Waals surface area contributed by atoms with Crippen molar-refractivity contribution < 1.29 is 4.79 Å². The van der Waals surface area contributed by atoms with Crippen molar-refractivity contribution >= 4 is 23.6 Å². The number of rotatable bonds is 6. The van der Waals surface area contributed by atoms with Gasteiger partial charge in [-0.05, 0) is 42.2 Å². The van der Waals surface area contributed by atoms with Crippen molar-refractivity contribution in [2.75, 3.05) is 19.0 Å². The van der Waals surface area contributed by atoms with Crippen LogP contribution < -0.4 is 10.5 Å². The Labute approximate surface area is 170 Å². The molecule has 2 heterocycles. The Bertz CT molecular complexity index is 1110. The summed E-state index contributed by atoms with van der Waals surface area (Å²) < 4.78 is 0. The molecule has 3 rings (SSSR count). The summed E-state index contributed by atoms with van der Waals surface area (Å²) in [5.41, 5.74) is 4.68. The molecule has 0 fully saturated rings. The Hall–Kier alpha value is -3.47. The van der Waals surface area contributed by atoms with Gasteiger partial charge in [0.25, 0.3) is 5.56 Å². The van der Waals surface area contributed by atoms with Crippen molar-refractivity contribution in [1.82, 2.24) is 9.97 Å². The smallest absolute Gasteiger partial charge is 0.272 e. The highest BCUT2D eigenvalue weighted by Gasteiger charge is 2.23. The maximum atomic E-state index is 13.5. The van der Waals surface area contributed by atoms with E-state index in [4.69, 9.17) is 0 Å². The number of hydrogen-bond acceptors (Lipinski definition) is 4. The quantitative estimate of drug-likeness (QED) is 0.647. The number of benzene rings is 1. The largest absolute Gasteiger partial charge is 0.373 e. The summed E-state index contributed by atoms with van der Waals surface area (Å²) >= 11 is 0.